The van der Waals surface area contributed by atoms with E-state index in [1.54, 1.807) is 24.3 Å². The zero-order valence-electron chi connectivity index (χ0n) is 11.9. The van der Waals surface area contributed by atoms with Crippen LogP contribution in [-0.2, 0) is 10.1 Å². The molecule has 0 unspecified atom stereocenters. The first-order valence-electron chi connectivity index (χ1n) is 6.32. The van der Waals surface area contributed by atoms with Gasteiger partial charge >= 0.3 is 11.9 Å². The first-order chi connectivity index (χ1) is 10.7. The number of esters is 1. The molecule has 0 fully saturated rings. The Balaban J connectivity index is 2.40. The number of carbonyl (C=O) groups excluding carboxylic acids is 1. The van der Waals surface area contributed by atoms with Crippen molar-refractivity contribution in [2.24, 2.45) is 0 Å². The molecule has 0 atom stereocenters. The predicted octanol–water partition coefficient (Wildman–Crippen LogP) is 2.16. The highest BCUT2D eigenvalue weighted by molar-refractivity contribution is 7.85. The first-order valence-corrected chi connectivity index (χ1v) is 7.76. The number of carbonyl (C=O) groups is 2. The van der Waals surface area contributed by atoms with Crippen LogP contribution in [0, 0.1) is 6.92 Å². The van der Waals surface area contributed by atoms with E-state index in [-0.39, 0.29) is 11.3 Å². The van der Waals surface area contributed by atoms with E-state index in [1.807, 2.05) is 6.92 Å². The number of carboxylic acid groups (broad SMARTS) is 1. The fourth-order valence-electron chi connectivity index (χ4n) is 1.81. The van der Waals surface area contributed by atoms with Gasteiger partial charge in [0.1, 0.15) is 5.75 Å². The number of rotatable bonds is 4. The third-order valence-corrected chi connectivity index (χ3v) is 3.82. The van der Waals surface area contributed by atoms with Crippen molar-refractivity contribution in [3.8, 4) is 5.75 Å². The van der Waals surface area contributed by atoms with E-state index >= 15 is 0 Å². The quantitative estimate of drug-likeness (QED) is 0.499. The molecule has 0 saturated heterocycles. The van der Waals surface area contributed by atoms with Gasteiger partial charge in [-0.3, -0.25) is 4.55 Å². The summed E-state index contributed by atoms with van der Waals surface area (Å²) < 4.78 is 36.1. The fourth-order valence-corrected chi connectivity index (χ4v) is 2.31. The van der Waals surface area contributed by atoms with Crippen molar-refractivity contribution in [1.29, 1.82) is 0 Å². The topological polar surface area (TPSA) is 118 Å². The maximum atomic E-state index is 12.1. The minimum absolute atomic E-state index is 0.218. The van der Waals surface area contributed by atoms with Crippen molar-refractivity contribution in [2.75, 3.05) is 0 Å². The van der Waals surface area contributed by atoms with E-state index in [2.05, 4.69) is 0 Å². The molecule has 0 spiro atoms. The molecule has 0 amide bonds. The molecule has 0 heterocycles. The molecule has 120 valence electrons. The van der Waals surface area contributed by atoms with Crippen LogP contribution in [0.15, 0.2) is 47.4 Å². The number of hydrogen-bond donors (Lipinski definition) is 2. The van der Waals surface area contributed by atoms with Gasteiger partial charge in [-0.1, -0.05) is 17.7 Å². The summed E-state index contributed by atoms with van der Waals surface area (Å²) in [5, 5.41) is 9.12. The smallest absolute Gasteiger partial charge is 0.344 e. The molecule has 0 aliphatic rings. The van der Waals surface area contributed by atoms with E-state index in [0.29, 0.717) is 6.07 Å². The lowest BCUT2D eigenvalue weighted by Gasteiger charge is -2.08. The van der Waals surface area contributed by atoms with E-state index in [1.165, 1.54) is 0 Å². The monoisotopic (exact) mass is 336 g/mol. The summed E-state index contributed by atoms with van der Waals surface area (Å²) in [5.74, 6) is -2.25. The van der Waals surface area contributed by atoms with Crippen molar-refractivity contribution in [3.05, 3.63) is 59.2 Å². The van der Waals surface area contributed by atoms with Crippen molar-refractivity contribution < 1.29 is 32.4 Å². The summed E-state index contributed by atoms with van der Waals surface area (Å²) in [6, 6.07) is 9.10. The second-order valence-electron chi connectivity index (χ2n) is 4.69. The van der Waals surface area contributed by atoms with Crippen LogP contribution >= 0.6 is 0 Å². The Morgan fingerprint density at radius 3 is 2.13 bits per heavy atom. The molecule has 2 aromatic rings. The molecule has 0 aliphatic carbocycles. The molecule has 0 aliphatic heterocycles. The zero-order valence-corrected chi connectivity index (χ0v) is 12.7. The van der Waals surface area contributed by atoms with Crippen molar-refractivity contribution in [1.82, 2.24) is 0 Å². The highest BCUT2D eigenvalue weighted by Gasteiger charge is 2.22. The van der Waals surface area contributed by atoms with Gasteiger partial charge in [0, 0.05) is 0 Å². The highest BCUT2D eigenvalue weighted by atomic mass is 32.2. The third-order valence-electron chi connectivity index (χ3n) is 2.97. The second kappa shape index (κ2) is 6.19. The first kappa shape index (κ1) is 16.7. The number of aromatic carboxylic acids is 1. The zero-order chi connectivity index (χ0) is 17.2. The third kappa shape index (κ3) is 3.93. The molecule has 23 heavy (non-hydrogen) atoms. The molecule has 8 heteroatoms. The molecular weight excluding hydrogens is 324 g/mol. The van der Waals surface area contributed by atoms with Gasteiger partial charge in [-0.2, -0.15) is 8.42 Å². The van der Waals surface area contributed by atoms with Gasteiger partial charge in [0.25, 0.3) is 10.1 Å². The van der Waals surface area contributed by atoms with Gasteiger partial charge in [0.15, 0.2) is 0 Å². The largest absolute Gasteiger partial charge is 0.478 e. The minimum Gasteiger partial charge on any atom is -0.478 e. The van der Waals surface area contributed by atoms with Crippen molar-refractivity contribution in [3.63, 3.8) is 0 Å². The molecule has 0 bridgehead atoms. The lowest BCUT2D eigenvalue weighted by molar-refractivity contribution is 0.0667. The molecule has 2 aromatic carbocycles. The summed E-state index contributed by atoms with van der Waals surface area (Å²) in [6.45, 7) is 1.85. The lowest BCUT2D eigenvalue weighted by Crippen LogP contribution is -2.15. The van der Waals surface area contributed by atoms with Crippen LogP contribution < -0.4 is 4.74 Å². The predicted molar refractivity (Wildman–Crippen MR) is 79.4 cm³/mol. The molecule has 2 rings (SSSR count). The van der Waals surface area contributed by atoms with Gasteiger partial charge in [0.05, 0.1) is 16.0 Å². The maximum Gasteiger partial charge on any atom is 0.344 e. The minimum atomic E-state index is -4.58. The number of aryl methyl sites for hydroxylation is 1. The molecular formula is C15H12O7S. The Kier molecular flexibility index (Phi) is 4.48. The second-order valence-corrected chi connectivity index (χ2v) is 6.11. The number of carboxylic acids is 1. The van der Waals surface area contributed by atoms with E-state index < -0.39 is 32.5 Å². The Bertz CT molecular complexity index is 867. The number of hydrogen-bond acceptors (Lipinski definition) is 5. The Labute approximate surface area is 131 Å². The summed E-state index contributed by atoms with van der Waals surface area (Å²) >= 11 is 0. The van der Waals surface area contributed by atoms with Gasteiger partial charge in [0.2, 0.25) is 0 Å². The van der Waals surface area contributed by atoms with Crippen LogP contribution in [0.2, 0.25) is 0 Å². The van der Waals surface area contributed by atoms with Crippen LogP contribution in [0.4, 0.5) is 0 Å². The summed E-state index contributed by atoms with van der Waals surface area (Å²) in [4.78, 5) is 22.7. The average molecular weight is 336 g/mol. The molecule has 7 nitrogen and oxygen atoms in total. The standard InChI is InChI=1S/C15H12O7S/c1-9-2-4-10(5-3-9)22-15(18)12-7-6-11(23(19,20)21)8-13(12)14(16)17/h2-8H,1H3,(H,16,17)(H,19,20,21). The van der Waals surface area contributed by atoms with Gasteiger partial charge < -0.3 is 9.84 Å². The van der Waals surface area contributed by atoms with E-state index in [4.69, 9.17) is 14.4 Å². The van der Waals surface area contributed by atoms with Crippen molar-refractivity contribution >= 4 is 22.1 Å². The van der Waals surface area contributed by atoms with Crippen LogP contribution in [0.3, 0.4) is 0 Å². The van der Waals surface area contributed by atoms with Gasteiger partial charge in [-0.05, 0) is 37.3 Å². The molecule has 0 aromatic heterocycles. The summed E-state index contributed by atoms with van der Waals surface area (Å²) in [5.41, 5.74) is 0.0382. The summed E-state index contributed by atoms with van der Waals surface area (Å²) in [6.07, 6.45) is 0. The Morgan fingerprint density at radius 2 is 1.61 bits per heavy atom. The summed E-state index contributed by atoms with van der Waals surface area (Å²) in [7, 11) is -4.58. The maximum absolute atomic E-state index is 12.1. The van der Waals surface area contributed by atoms with Crippen molar-refractivity contribution in [2.45, 2.75) is 11.8 Å². The van der Waals surface area contributed by atoms with Crippen LogP contribution in [0.25, 0.3) is 0 Å². The molecule has 2 N–H and O–H groups in total. The normalized spacial score (nSPS) is 11.0. The fraction of sp³-hybridized carbons (Fsp3) is 0.0667. The average Bonchev–Trinajstić information content (AvgIpc) is 2.48. The van der Waals surface area contributed by atoms with E-state index in [0.717, 1.165) is 17.7 Å². The van der Waals surface area contributed by atoms with E-state index in [9.17, 15) is 18.0 Å². The molecule has 0 saturated carbocycles. The SMILES string of the molecule is Cc1ccc(OC(=O)c2ccc(S(=O)(=O)O)cc2C(=O)O)cc1. The van der Waals surface area contributed by atoms with Crippen LogP contribution in [-0.4, -0.2) is 30.0 Å². The highest BCUT2D eigenvalue weighted by Crippen LogP contribution is 2.19. The number of benzene rings is 2. The van der Waals surface area contributed by atoms with Crippen LogP contribution in [0.1, 0.15) is 26.3 Å². The van der Waals surface area contributed by atoms with Gasteiger partial charge in [-0.15, -0.1) is 0 Å². The Hall–Kier alpha value is -2.71. The molecule has 0 radical (unpaired) electrons. The van der Waals surface area contributed by atoms with Crippen LogP contribution in [0.5, 0.6) is 5.75 Å². The Morgan fingerprint density at radius 1 is 1.00 bits per heavy atom. The lowest BCUT2D eigenvalue weighted by atomic mass is 10.1. The van der Waals surface area contributed by atoms with Gasteiger partial charge in [-0.25, -0.2) is 9.59 Å². The number of ether oxygens (including phenoxy) is 1.